The molecule has 2 nitrogen and oxygen atoms in total. The van der Waals surface area contributed by atoms with Gasteiger partial charge in [0.05, 0.1) is 0 Å². The summed E-state index contributed by atoms with van der Waals surface area (Å²) in [6.45, 7) is 0. The minimum absolute atomic E-state index is 0.0494. The highest BCUT2D eigenvalue weighted by Crippen LogP contribution is 2.57. The molecule has 138 valence electrons. The normalized spacial score (nSPS) is 33.0. The summed E-state index contributed by atoms with van der Waals surface area (Å²) in [6.07, 6.45) is 14.3. The summed E-state index contributed by atoms with van der Waals surface area (Å²) < 4.78 is 6.15. The van der Waals surface area contributed by atoms with Crippen LogP contribution < -0.4 is 0 Å². The van der Waals surface area contributed by atoms with E-state index in [-0.39, 0.29) is 16.4 Å². The summed E-state index contributed by atoms with van der Waals surface area (Å²) in [4.78, 5) is 12.2. The van der Waals surface area contributed by atoms with Gasteiger partial charge in [0.25, 0.3) is 0 Å². The summed E-state index contributed by atoms with van der Waals surface area (Å²) in [6, 6.07) is 10.3. The van der Waals surface area contributed by atoms with Crippen molar-refractivity contribution in [3.8, 4) is 0 Å². The van der Waals surface area contributed by atoms with Gasteiger partial charge >= 0.3 is 0 Å². The van der Waals surface area contributed by atoms with Gasteiger partial charge < -0.3 is 4.74 Å². The van der Waals surface area contributed by atoms with Crippen molar-refractivity contribution in [2.75, 3.05) is 0 Å². The van der Waals surface area contributed by atoms with Gasteiger partial charge in [0, 0.05) is 0 Å². The molecule has 4 saturated carbocycles. The van der Waals surface area contributed by atoms with E-state index in [0.717, 1.165) is 49.9 Å². The van der Waals surface area contributed by atoms with Crippen LogP contribution in [0.15, 0.2) is 53.8 Å². The van der Waals surface area contributed by atoms with Crippen LogP contribution in [0.2, 0.25) is 0 Å². The van der Waals surface area contributed by atoms with Gasteiger partial charge in [-0.15, -0.1) is 0 Å². The molecule has 5 rings (SSSR count). The number of carbonyl (C=O) groups excluding carboxylic acids is 1. The number of aryl methyl sites for hydroxylation is 1. The van der Waals surface area contributed by atoms with Gasteiger partial charge in [0.15, 0.2) is 5.78 Å². The second kappa shape index (κ2) is 7.60. The van der Waals surface area contributed by atoms with Gasteiger partial charge in [-0.05, 0) is 80.8 Å². The Morgan fingerprint density at radius 2 is 1.69 bits per heavy atom. The monoisotopic (exact) mass is 370 g/mol. The molecule has 3 heteroatoms. The average Bonchev–Trinajstić information content (AvgIpc) is 2.63. The van der Waals surface area contributed by atoms with E-state index < -0.39 is 0 Å². The van der Waals surface area contributed by atoms with E-state index in [1.807, 2.05) is 24.3 Å². The highest BCUT2D eigenvalue weighted by atomic mass is 35.5. The standard InChI is InChI=1S/C23H27ClO2/c24-21(22(25)9-5-4-8-17-6-2-1-3-7-17)16-26-23-13-18-10-19(14-23)12-20(11-18)15-23/h1-3,5-7,9,16,18-20H,4,8,10-15H2/b9-5-,21-16-. The molecule has 0 spiro atoms. The zero-order valence-electron chi connectivity index (χ0n) is 15.2. The summed E-state index contributed by atoms with van der Waals surface area (Å²) in [5.41, 5.74) is 1.23. The second-order valence-electron chi connectivity index (χ2n) is 8.48. The lowest BCUT2D eigenvalue weighted by Crippen LogP contribution is -2.51. The van der Waals surface area contributed by atoms with Crippen LogP contribution in [-0.4, -0.2) is 11.4 Å². The first kappa shape index (κ1) is 17.9. The van der Waals surface area contributed by atoms with Gasteiger partial charge in [-0.1, -0.05) is 48.0 Å². The first-order valence-corrected chi connectivity index (χ1v) is 10.3. The zero-order chi connectivity index (χ0) is 18.0. The largest absolute Gasteiger partial charge is 0.493 e. The van der Waals surface area contributed by atoms with Crippen molar-refractivity contribution in [2.24, 2.45) is 17.8 Å². The third kappa shape index (κ3) is 4.06. The SMILES string of the molecule is O=C(/C=C\CCc1ccccc1)/C(Cl)=C/OC12CC3CC(CC(C3)C1)C2. The molecule has 26 heavy (non-hydrogen) atoms. The average molecular weight is 371 g/mol. The second-order valence-corrected chi connectivity index (χ2v) is 8.88. The van der Waals surface area contributed by atoms with Gasteiger partial charge in [0.2, 0.25) is 0 Å². The molecule has 0 aliphatic heterocycles. The first-order valence-electron chi connectivity index (χ1n) is 9.90. The maximum absolute atomic E-state index is 12.2. The maximum Gasteiger partial charge on any atom is 0.199 e. The minimum Gasteiger partial charge on any atom is -0.493 e. The van der Waals surface area contributed by atoms with Crippen LogP contribution in [0.25, 0.3) is 0 Å². The van der Waals surface area contributed by atoms with Gasteiger partial charge in [-0.2, -0.15) is 0 Å². The van der Waals surface area contributed by atoms with E-state index >= 15 is 0 Å². The van der Waals surface area contributed by atoms with E-state index in [1.165, 1.54) is 31.1 Å². The van der Waals surface area contributed by atoms with Crippen molar-refractivity contribution in [3.05, 3.63) is 59.3 Å². The molecule has 1 aromatic rings. The number of hydrogen-bond acceptors (Lipinski definition) is 2. The topological polar surface area (TPSA) is 26.3 Å². The Morgan fingerprint density at radius 1 is 1.08 bits per heavy atom. The first-order chi connectivity index (χ1) is 12.6. The summed E-state index contributed by atoms with van der Waals surface area (Å²) in [7, 11) is 0. The van der Waals surface area contributed by atoms with E-state index in [1.54, 1.807) is 6.08 Å². The van der Waals surface area contributed by atoms with Crippen LogP contribution in [0.4, 0.5) is 0 Å². The third-order valence-electron chi connectivity index (χ3n) is 6.34. The molecule has 0 unspecified atom stereocenters. The van der Waals surface area contributed by atoms with E-state index in [9.17, 15) is 4.79 Å². The van der Waals surface area contributed by atoms with Crippen LogP contribution in [0, 0.1) is 17.8 Å². The smallest absolute Gasteiger partial charge is 0.199 e. The molecule has 4 bridgehead atoms. The maximum atomic E-state index is 12.2. The number of ketones is 1. The fraction of sp³-hybridized carbons (Fsp3) is 0.522. The lowest BCUT2D eigenvalue weighted by Gasteiger charge is -2.55. The van der Waals surface area contributed by atoms with Gasteiger partial charge in [-0.25, -0.2) is 0 Å². The quantitative estimate of drug-likeness (QED) is 0.447. The fourth-order valence-corrected chi connectivity index (χ4v) is 5.68. The van der Waals surface area contributed by atoms with Crippen molar-refractivity contribution < 1.29 is 9.53 Å². The van der Waals surface area contributed by atoms with Crippen molar-refractivity contribution in [1.82, 2.24) is 0 Å². The number of allylic oxidation sites excluding steroid dienone is 3. The van der Waals surface area contributed by atoms with Crippen molar-refractivity contribution in [2.45, 2.75) is 57.0 Å². The van der Waals surface area contributed by atoms with E-state index in [4.69, 9.17) is 16.3 Å². The number of hydrogen-bond donors (Lipinski definition) is 0. The molecule has 1 aromatic carbocycles. The predicted octanol–water partition coefficient (Wildman–Crippen LogP) is 5.81. The Labute approximate surface area is 161 Å². The summed E-state index contributed by atoms with van der Waals surface area (Å²) in [5, 5.41) is 0.191. The number of rotatable bonds is 7. The Kier molecular flexibility index (Phi) is 5.22. The zero-order valence-corrected chi connectivity index (χ0v) is 16.0. The molecule has 4 fully saturated rings. The minimum atomic E-state index is -0.163. The molecule has 0 radical (unpaired) electrons. The third-order valence-corrected chi connectivity index (χ3v) is 6.62. The van der Waals surface area contributed by atoms with Gasteiger partial charge in [0.1, 0.15) is 16.9 Å². The number of carbonyl (C=O) groups is 1. The Bertz CT molecular complexity index is 669. The van der Waals surface area contributed by atoms with Crippen molar-refractivity contribution in [1.29, 1.82) is 0 Å². The fourth-order valence-electron chi connectivity index (χ4n) is 5.57. The van der Waals surface area contributed by atoms with Crippen LogP contribution >= 0.6 is 11.6 Å². The Hall–Kier alpha value is -1.54. The molecule has 0 amide bonds. The molecule has 0 heterocycles. The number of benzene rings is 1. The Balaban J connectivity index is 1.29. The lowest BCUT2D eigenvalue weighted by molar-refractivity contribution is -0.131. The van der Waals surface area contributed by atoms with E-state index in [0.29, 0.717) is 0 Å². The highest BCUT2D eigenvalue weighted by Gasteiger charge is 2.52. The molecular weight excluding hydrogens is 344 g/mol. The summed E-state index contributed by atoms with van der Waals surface area (Å²) in [5.74, 6) is 2.30. The Morgan fingerprint density at radius 3 is 2.31 bits per heavy atom. The van der Waals surface area contributed by atoms with Crippen LogP contribution in [0.3, 0.4) is 0 Å². The van der Waals surface area contributed by atoms with Crippen molar-refractivity contribution in [3.63, 3.8) is 0 Å². The lowest BCUT2D eigenvalue weighted by atomic mass is 9.54. The molecule has 0 N–H and O–H groups in total. The van der Waals surface area contributed by atoms with E-state index in [2.05, 4.69) is 12.1 Å². The number of halogens is 1. The number of ether oxygens (including phenoxy) is 1. The highest BCUT2D eigenvalue weighted by molar-refractivity contribution is 6.44. The molecule has 0 saturated heterocycles. The molecule has 4 aliphatic carbocycles. The molecular formula is C23H27ClO2. The van der Waals surface area contributed by atoms with Gasteiger partial charge in [-0.3, -0.25) is 4.79 Å². The van der Waals surface area contributed by atoms with Crippen molar-refractivity contribution >= 4 is 17.4 Å². The molecule has 0 aromatic heterocycles. The van der Waals surface area contributed by atoms with Crippen LogP contribution in [-0.2, 0) is 16.0 Å². The summed E-state index contributed by atoms with van der Waals surface area (Å²) >= 11 is 6.20. The predicted molar refractivity (Wildman–Crippen MR) is 105 cm³/mol. The molecule has 0 atom stereocenters. The van der Waals surface area contributed by atoms with Crippen LogP contribution in [0.1, 0.15) is 50.5 Å². The molecule has 4 aliphatic rings. The van der Waals surface area contributed by atoms with Crippen LogP contribution in [0.5, 0.6) is 0 Å².